The van der Waals surface area contributed by atoms with Crippen LogP contribution in [0.1, 0.15) is 51.9 Å². The second kappa shape index (κ2) is 10.1. The summed E-state index contributed by atoms with van der Waals surface area (Å²) in [6, 6.07) is 5.59. The van der Waals surface area contributed by atoms with Crippen molar-refractivity contribution in [1.29, 1.82) is 0 Å². The van der Waals surface area contributed by atoms with E-state index >= 15 is 0 Å². The van der Waals surface area contributed by atoms with Gasteiger partial charge in [0.15, 0.2) is 0 Å². The Morgan fingerprint density at radius 2 is 1.37 bits per heavy atom. The lowest BCUT2D eigenvalue weighted by atomic mass is 10.00. The molecule has 1 aromatic carbocycles. The number of rotatable bonds is 11. The number of nitrogens with one attached hydrogen (secondary N) is 2. The third-order valence-electron chi connectivity index (χ3n) is 5.16. The molecule has 1 rings (SSSR count). The molecule has 0 aliphatic heterocycles. The standard InChI is InChI=1S/C19H31N5O5S/c1-14(22-26)18(3,4)20-12-24(13-21-19(5,6)15(2)23-27)30(28,29)17-9-7-16(11-25)8-10-17/h7-11,20-21,26-27H,12-13H2,1-6H3/b22-14+,23-15+. The van der Waals surface area contributed by atoms with Crippen molar-refractivity contribution in [3.05, 3.63) is 29.8 Å². The van der Waals surface area contributed by atoms with Gasteiger partial charge in [-0.1, -0.05) is 22.4 Å². The summed E-state index contributed by atoms with van der Waals surface area (Å²) in [5, 5.41) is 30.6. The van der Waals surface area contributed by atoms with E-state index in [9.17, 15) is 13.2 Å². The third-order valence-corrected chi connectivity index (χ3v) is 6.96. The Morgan fingerprint density at radius 1 is 0.967 bits per heavy atom. The molecular formula is C19H31N5O5S. The molecule has 0 fully saturated rings. The first-order valence-electron chi connectivity index (χ1n) is 9.25. The minimum atomic E-state index is -3.95. The number of benzene rings is 1. The fraction of sp³-hybridized carbons (Fsp3) is 0.526. The number of aldehydes is 1. The number of hydrogen-bond donors (Lipinski definition) is 4. The number of oxime groups is 2. The molecule has 1 aromatic rings. The van der Waals surface area contributed by atoms with Gasteiger partial charge in [0.25, 0.3) is 0 Å². The first-order chi connectivity index (χ1) is 13.8. The molecule has 30 heavy (non-hydrogen) atoms. The van der Waals surface area contributed by atoms with E-state index in [0.717, 1.165) is 0 Å². The molecule has 4 N–H and O–H groups in total. The predicted molar refractivity (Wildman–Crippen MR) is 115 cm³/mol. The lowest BCUT2D eigenvalue weighted by molar-refractivity contribution is 0.112. The maximum absolute atomic E-state index is 13.2. The number of nitrogens with zero attached hydrogens (tertiary/aromatic N) is 3. The molecule has 0 amide bonds. The summed E-state index contributed by atoms with van der Waals surface area (Å²) < 4.78 is 27.7. The topological polar surface area (TPSA) is 144 Å². The third kappa shape index (κ3) is 6.33. The van der Waals surface area contributed by atoms with Gasteiger partial charge in [0.2, 0.25) is 10.0 Å². The zero-order valence-electron chi connectivity index (χ0n) is 18.2. The van der Waals surface area contributed by atoms with Crippen LogP contribution < -0.4 is 10.6 Å². The minimum absolute atomic E-state index is 0.0207. The number of carbonyl (C=O) groups excluding carboxylic acids is 1. The highest BCUT2D eigenvalue weighted by Gasteiger charge is 2.31. The monoisotopic (exact) mass is 441 g/mol. The highest BCUT2D eigenvalue weighted by molar-refractivity contribution is 7.89. The molecule has 0 atom stereocenters. The van der Waals surface area contributed by atoms with Crippen LogP contribution in [0.15, 0.2) is 39.5 Å². The molecule has 0 aliphatic carbocycles. The average molecular weight is 442 g/mol. The van der Waals surface area contributed by atoms with Crippen LogP contribution >= 0.6 is 0 Å². The van der Waals surface area contributed by atoms with Gasteiger partial charge in [-0.2, -0.15) is 4.31 Å². The highest BCUT2D eigenvalue weighted by Crippen LogP contribution is 2.17. The molecular weight excluding hydrogens is 410 g/mol. The molecule has 0 aromatic heterocycles. The van der Waals surface area contributed by atoms with Gasteiger partial charge in [0.1, 0.15) is 6.29 Å². The molecule has 0 saturated heterocycles. The summed E-state index contributed by atoms with van der Waals surface area (Å²) in [6.07, 6.45) is 0.635. The largest absolute Gasteiger partial charge is 0.411 e. The summed E-state index contributed by atoms with van der Waals surface area (Å²) in [4.78, 5) is 10.9. The van der Waals surface area contributed by atoms with Gasteiger partial charge in [-0.3, -0.25) is 15.4 Å². The second-order valence-corrected chi connectivity index (χ2v) is 9.87. The normalized spacial score (nSPS) is 14.2. The Balaban J connectivity index is 3.22. The minimum Gasteiger partial charge on any atom is -0.411 e. The molecule has 0 radical (unpaired) electrons. The first-order valence-corrected chi connectivity index (χ1v) is 10.7. The number of hydrogen-bond acceptors (Lipinski definition) is 9. The van der Waals surface area contributed by atoms with Crippen molar-refractivity contribution in [1.82, 2.24) is 14.9 Å². The van der Waals surface area contributed by atoms with E-state index in [1.54, 1.807) is 41.5 Å². The fourth-order valence-electron chi connectivity index (χ4n) is 2.17. The van der Waals surface area contributed by atoms with E-state index in [2.05, 4.69) is 20.9 Å². The SMILES string of the molecule is C/C(=N\O)C(C)(C)NCN(CNC(C)(C)/C(C)=N/O)S(=O)(=O)c1ccc(C=O)cc1. The van der Waals surface area contributed by atoms with E-state index in [1.807, 2.05) is 0 Å². The Morgan fingerprint density at radius 3 is 1.70 bits per heavy atom. The summed E-state index contributed by atoms with van der Waals surface area (Å²) in [5.41, 5.74) is -0.425. The molecule has 0 saturated carbocycles. The number of sulfonamides is 1. The smallest absolute Gasteiger partial charge is 0.245 e. The van der Waals surface area contributed by atoms with Gasteiger partial charge >= 0.3 is 0 Å². The van der Waals surface area contributed by atoms with Crippen LogP contribution in [0, 0.1) is 0 Å². The van der Waals surface area contributed by atoms with Gasteiger partial charge in [0.05, 0.1) is 40.7 Å². The van der Waals surface area contributed by atoms with E-state index in [1.165, 1.54) is 28.6 Å². The van der Waals surface area contributed by atoms with Gasteiger partial charge in [-0.05, 0) is 53.7 Å². The highest BCUT2D eigenvalue weighted by atomic mass is 32.2. The Labute approximate surface area is 177 Å². The van der Waals surface area contributed by atoms with Crippen LogP contribution in [0.2, 0.25) is 0 Å². The van der Waals surface area contributed by atoms with Crippen LogP contribution in [0.25, 0.3) is 0 Å². The average Bonchev–Trinajstić information content (AvgIpc) is 2.71. The van der Waals surface area contributed by atoms with E-state index in [0.29, 0.717) is 23.3 Å². The zero-order valence-corrected chi connectivity index (χ0v) is 19.0. The van der Waals surface area contributed by atoms with Crippen molar-refractivity contribution in [3.8, 4) is 0 Å². The molecule has 0 unspecified atom stereocenters. The van der Waals surface area contributed by atoms with Gasteiger partial charge in [0, 0.05) is 5.56 Å². The maximum Gasteiger partial charge on any atom is 0.245 e. The van der Waals surface area contributed by atoms with Crippen molar-refractivity contribution in [2.75, 3.05) is 13.3 Å². The predicted octanol–water partition coefficient (Wildman–Crippen LogP) is 1.84. The maximum atomic E-state index is 13.2. The Kier molecular flexibility index (Phi) is 8.66. The van der Waals surface area contributed by atoms with Crippen molar-refractivity contribution in [3.63, 3.8) is 0 Å². The first kappa shape index (κ1) is 25.7. The summed E-state index contributed by atoms with van der Waals surface area (Å²) in [7, 11) is -3.95. The number of carbonyl (C=O) groups is 1. The van der Waals surface area contributed by atoms with Gasteiger partial charge in [-0.15, -0.1) is 0 Å². The van der Waals surface area contributed by atoms with E-state index < -0.39 is 21.1 Å². The van der Waals surface area contributed by atoms with Crippen LogP contribution in [0.4, 0.5) is 0 Å². The van der Waals surface area contributed by atoms with E-state index in [-0.39, 0.29) is 18.2 Å². The molecule has 0 bridgehead atoms. The summed E-state index contributed by atoms with van der Waals surface area (Å²) >= 11 is 0. The molecule has 0 spiro atoms. The summed E-state index contributed by atoms with van der Waals surface area (Å²) in [5.74, 6) is 0. The molecule has 168 valence electrons. The quantitative estimate of drug-likeness (QED) is 0.135. The van der Waals surface area contributed by atoms with Crippen LogP contribution in [-0.2, 0) is 10.0 Å². The molecule has 10 nitrogen and oxygen atoms in total. The van der Waals surface area contributed by atoms with Crippen LogP contribution in [-0.4, -0.2) is 65.3 Å². The zero-order chi connectivity index (χ0) is 23.2. The van der Waals surface area contributed by atoms with Crippen molar-refractivity contribution in [2.24, 2.45) is 10.3 Å². The van der Waals surface area contributed by atoms with Crippen LogP contribution in [0.5, 0.6) is 0 Å². The molecule has 0 heterocycles. The lowest BCUT2D eigenvalue weighted by Crippen LogP contribution is -2.56. The summed E-state index contributed by atoms with van der Waals surface area (Å²) in [6.45, 7) is 10.1. The fourth-order valence-corrected chi connectivity index (χ4v) is 3.42. The Hall–Kier alpha value is -2.34. The van der Waals surface area contributed by atoms with Gasteiger partial charge < -0.3 is 10.4 Å². The van der Waals surface area contributed by atoms with Crippen molar-refractivity contribution < 1.29 is 23.6 Å². The molecule has 11 heteroatoms. The lowest BCUT2D eigenvalue weighted by Gasteiger charge is -2.33. The van der Waals surface area contributed by atoms with Crippen molar-refractivity contribution in [2.45, 2.75) is 57.5 Å². The Bertz CT molecular complexity index is 858. The van der Waals surface area contributed by atoms with Crippen LogP contribution in [0.3, 0.4) is 0 Å². The van der Waals surface area contributed by atoms with E-state index in [4.69, 9.17) is 10.4 Å². The van der Waals surface area contributed by atoms with Crippen molar-refractivity contribution >= 4 is 27.7 Å². The second-order valence-electron chi connectivity index (χ2n) is 7.93. The molecule has 0 aliphatic rings. The van der Waals surface area contributed by atoms with Gasteiger partial charge in [-0.25, -0.2) is 8.42 Å².